The molecule has 10 rings (SSSR count). The van der Waals surface area contributed by atoms with E-state index in [9.17, 15) is 0 Å². The highest BCUT2D eigenvalue weighted by atomic mass is 15.1. The highest BCUT2D eigenvalue weighted by Crippen LogP contribution is 2.55. The van der Waals surface area contributed by atoms with Gasteiger partial charge in [-0.3, -0.25) is 0 Å². The first-order valence-corrected chi connectivity index (χ1v) is 19.5. The molecule has 0 amide bonds. The minimum atomic E-state index is -0.159. The Morgan fingerprint density at radius 1 is 0.321 bits per heavy atom. The van der Waals surface area contributed by atoms with Crippen LogP contribution < -0.4 is 4.90 Å². The van der Waals surface area contributed by atoms with Gasteiger partial charge < -0.3 is 4.90 Å². The molecule has 0 radical (unpaired) electrons. The van der Waals surface area contributed by atoms with Crippen LogP contribution in [-0.2, 0) is 5.41 Å². The number of rotatable bonds is 7. The summed E-state index contributed by atoms with van der Waals surface area (Å²) in [5.74, 6) is 0. The fourth-order valence-electron chi connectivity index (χ4n) is 8.84. The monoisotopic (exact) mass is 715 g/mol. The average Bonchev–Trinajstić information content (AvgIpc) is 3.49. The second kappa shape index (κ2) is 13.7. The van der Waals surface area contributed by atoms with Crippen LogP contribution >= 0.6 is 0 Å². The highest BCUT2D eigenvalue weighted by Gasteiger charge is 2.38. The lowest BCUT2D eigenvalue weighted by Crippen LogP contribution is -2.15. The molecule has 9 aromatic carbocycles. The molecule has 0 saturated heterocycles. The van der Waals surface area contributed by atoms with Crippen LogP contribution in [0.2, 0.25) is 0 Å². The Morgan fingerprint density at radius 3 is 1.43 bits per heavy atom. The molecule has 0 N–H and O–H groups in total. The molecule has 56 heavy (non-hydrogen) atoms. The summed E-state index contributed by atoms with van der Waals surface area (Å²) in [5.41, 5.74) is 18.4. The molecular formula is C55H41N. The third-order valence-corrected chi connectivity index (χ3v) is 11.6. The lowest BCUT2D eigenvalue weighted by molar-refractivity contribution is 0.661. The van der Waals surface area contributed by atoms with Gasteiger partial charge in [0.25, 0.3) is 0 Å². The van der Waals surface area contributed by atoms with Gasteiger partial charge in [0.15, 0.2) is 0 Å². The molecule has 0 saturated carbocycles. The van der Waals surface area contributed by atoms with Crippen LogP contribution in [0.3, 0.4) is 0 Å². The van der Waals surface area contributed by atoms with Crippen LogP contribution in [0, 0.1) is 0 Å². The number of para-hydroxylation sites is 1. The molecule has 0 heterocycles. The molecule has 1 aliphatic carbocycles. The predicted molar refractivity (Wildman–Crippen MR) is 238 cm³/mol. The predicted octanol–water partition coefficient (Wildman–Crippen LogP) is 15.3. The summed E-state index contributed by atoms with van der Waals surface area (Å²) in [6.45, 7) is 4.76. The van der Waals surface area contributed by atoms with Gasteiger partial charge in [0.05, 0.1) is 5.69 Å². The van der Waals surface area contributed by atoms with Crippen LogP contribution in [-0.4, -0.2) is 0 Å². The maximum Gasteiger partial charge on any atom is 0.0546 e. The maximum atomic E-state index is 2.48. The molecule has 266 valence electrons. The molecule has 9 aromatic rings. The number of hydrogen-bond donors (Lipinski definition) is 0. The van der Waals surface area contributed by atoms with E-state index in [0.717, 1.165) is 17.1 Å². The highest BCUT2D eigenvalue weighted by molar-refractivity contribution is 6.00. The number of benzene rings is 9. The lowest BCUT2D eigenvalue weighted by atomic mass is 9.80. The van der Waals surface area contributed by atoms with Crippen molar-refractivity contribution in [2.75, 3.05) is 4.90 Å². The zero-order valence-electron chi connectivity index (χ0n) is 31.7. The van der Waals surface area contributed by atoms with Gasteiger partial charge in [-0.25, -0.2) is 0 Å². The average molecular weight is 716 g/mol. The molecule has 0 aliphatic heterocycles. The van der Waals surface area contributed by atoms with Gasteiger partial charge in [-0.05, 0) is 121 Å². The summed E-state index contributed by atoms with van der Waals surface area (Å²) in [6.07, 6.45) is 0. The SMILES string of the molecule is CC1(C)c2cc(-c3ccc(N(c4ccccc4)c4cc5ccccc5cc4-c4ccccc4)cc3)c(-c3ccccc3)cc2-c2c(-c3ccccc3)cccc21. The van der Waals surface area contributed by atoms with E-state index in [1.807, 2.05) is 0 Å². The van der Waals surface area contributed by atoms with Crippen molar-refractivity contribution in [3.05, 3.63) is 223 Å². The molecule has 1 aliphatic rings. The molecule has 0 fully saturated rings. The third-order valence-electron chi connectivity index (χ3n) is 11.6. The molecule has 1 nitrogen and oxygen atoms in total. The number of fused-ring (bicyclic) bond motifs is 4. The fraction of sp³-hybridized carbons (Fsp3) is 0.0545. The molecule has 0 spiro atoms. The zero-order chi connectivity index (χ0) is 37.6. The van der Waals surface area contributed by atoms with Crippen LogP contribution in [0.25, 0.3) is 66.4 Å². The summed E-state index contributed by atoms with van der Waals surface area (Å²) in [6, 6.07) is 77.5. The summed E-state index contributed by atoms with van der Waals surface area (Å²) in [7, 11) is 0. The minimum Gasteiger partial charge on any atom is -0.310 e. The summed E-state index contributed by atoms with van der Waals surface area (Å²) >= 11 is 0. The van der Waals surface area contributed by atoms with Gasteiger partial charge in [0, 0.05) is 22.4 Å². The van der Waals surface area contributed by atoms with E-state index in [1.165, 1.54) is 77.5 Å². The Balaban J connectivity index is 1.15. The van der Waals surface area contributed by atoms with Crippen molar-refractivity contribution in [1.82, 2.24) is 0 Å². The van der Waals surface area contributed by atoms with Gasteiger partial charge in [0.2, 0.25) is 0 Å². The van der Waals surface area contributed by atoms with Crippen molar-refractivity contribution < 1.29 is 0 Å². The van der Waals surface area contributed by atoms with Gasteiger partial charge >= 0.3 is 0 Å². The smallest absolute Gasteiger partial charge is 0.0546 e. The molecule has 0 bridgehead atoms. The number of hydrogen-bond acceptors (Lipinski definition) is 1. The van der Waals surface area contributed by atoms with Crippen LogP contribution in [0.15, 0.2) is 212 Å². The van der Waals surface area contributed by atoms with Crippen molar-refractivity contribution in [2.45, 2.75) is 19.3 Å². The Hall–Kier alpha value is -6.96. The van der Waals surface area contributed by atoms with E-state index in [4.69, 9.17) is 0 Å². The number of nitrogens with zero attached hydrogens (tertiary/aromatic N) is 1. The lowest BCUT2D eigenvalue weighted by Gasteiger charge is -2.29. The normalized spacial score (nSPS) is 12.6. The van der Waals surface area contributed by atoms with Crippen molar-refractivity contribution in [3.63, 3.8) is 0 Å². The summed E-state index contributed by atoms with van der Waals surface area (Å²) in [5, 5.41) is 2.44. The van der Waals surface area contributed by atoms with E-state index in [-0.39, 0.29) is 5.41 Å². The van der Waals surface area contributed by atoms with Crippen molar-refractivity contribution in [2.24, 2.45) is 0 Å². The fourth-order valence-corrected chi connectivity index (χ4v) is 8.84. The molecular weight excluding hydrogens is 675 g/mol. The van der Waals surface area contributed by atoms with Crippen LogP contribution in [0.1, 0.15) is 25.0 Å². The Kier molecular flexibility index (Phi) is 8.23. The molecule has 0 aromatic heterocycles. The van der Waals surface area contributed by atoms with E-state index in [2.05, 4.69) is 231 Å². The van der Waals surface area contributed by atoms with Crippen LogP contribution in [0.4, 0.5) is 17.1 Å². The van der Waals surface area contributed by atoms with Gasteiger partial charge in [-0.1, -0.05) is 178 Å². The minimum absolute atomic E-state index is 0.159. The van der Waals surface area contributed by atoms with Crippen molar-refractivity contribution in [1.29, 1.82) is 0 Å². The van der Waals surface area contributed by atoms with Crippen molar-refractivity contribution >= 4 is 27.8 Å². The van der Waals surface area contributed by atoms with Gasteiger partial charge in [-0.15, -0.1) is 0 Å². The van der Waals surface area contributed by atoms with E-state index in [0.29, 0.717) is 0 Å². The number of anilines is 3. The molecule has 0 atom stereocenters. The Bertz CT molecular complexity index is 2840. The van der Waals surface area contributed by atoms with Gasteiger partial charge in [0.1, 0.15) is 0 Å². The van der Waals surface area contributed by atoms with E-state index < -0.39 is 0 Å². The standard InChI is InChI=1S/C55H41N/c1-55(2)51-29-17-28-46(38-18-7-3-8-19-38)54(51)50-36-47(39-20-9-4-10-21-39)48(37-52(50)55)41-30-32-45(33-31-41)56(44-26-13-6-14-27-44)53-35-43-25-16-15-24-42(43)34-49(53)40-22-11-5-12-23-40/h3-37H,1-2H3. The third kappa shape index (κ3) is 5.72. The second-order valence-electron chi connectivity index (χ2n) is 15.3. The topological polar surface area (TPSA) is 3.24 Å². The van der Waals surface area contributed by atoms with Crippen molar-refractivity contribution in [3.8, 4) is 55.6 Å². The Morgan fingerprint density at radius 2 is 0.804 bits per heavy atom. The zero-order valence-corrected chi connectivity index (χ0v) is 31.7. The summed E-state index contributed by atoms with van der Waals surface area (Å²) < 4.78 is 0. The van der Waals surface area contributed by atoms with Gasteiger partial charge in [-0.2, -0.15) is 0 Å². The molecule has 0 unspecified atom stereocenters. The first-order valence-electron chi connectivity index (χ1n) is 19.5. The second-order valence-corrected chi connectivity index (χ2v) is 15.3. The first kappa shape index (κ1) is 33.6. The van der Waals surface area contributed by atoms with E-state index in [1.54, 1.807) is 0 Å². The molecule has 1 heteroatoms. The quantitative estimate of drug-likeness (QED) is 0.159. The first-order chi connectivity index (χ1) is 27.5. The summed E-state index contributed by atoms with van der Waals surface area (Å²) in [4.78, 5) is 2.41. The largest absolute Gasteiger partial charge is 0.310 e. The maximum absolute atomic E-state index is 2.48. The van der Waals surface area contributed by atoms with E-state index >= 15 is 0 Å². The Labute approximate surface area is 329 Å². The van der Waals surface area contributed by atoms with Crippen LogP contribution in [0.5, 0.6) is 0 Å².